The maximum absolute atomic E-state index is 5.77. The Morgan fingerprint density at radius 2 is 1.73 bits per heavy atom. The highest BCUT2D eigenvalue weighted by Gasteiger charge is 2.19. The summed E-state index contributed by atoms with van der Waals surface area (Å²) in [5.74, 6) is 2.23. The van der Waals surface area contributed by atoms with Crippen molar-refractivity contribution in [3.8, 4) is 0 Å². The first-order chi connectivity index (χ1) is 11.9. The zero-order valence-corrected chi connectivity index (χ0v) is 18.5. The molecule has 0 atom stereocenters. The van der Waals surface area contributed by atoms with Gasteiger partial charge in [0, 0.05) is 26.1 Å². The lowest BCUT2D eigenvalue weighted by atomic mass is 9.94. The van der Waals surface area contributed by atoms with Crippen LogP contribution in [0.2, 0.25) is 0 Å². The second-order valence-electron chi connectivity index (χ2n) is 6.90. The van der Waals surface area contributed by atoms with Gasteiger partial charge in [0.1, 0.15) is 5.76 Å². The number of rotatable bonds is 6. The number of benzene rings is 1. The molecule has 1 aromatic heterocycles. The SMILES string of the molecule is CN=C(NCc1ccc(COC)cc1)NCc1ncc(C(C)(C)C)o1.I. The quantitative estimate of drug-likeness (QED) is 0.382. The van der Waals surface area contributed by atoms with E-state index in [0.717, 1.165) is 11.3 Å². The smallest absolute Gasteiger partial charge is 0.213 e. The van der Waals surface area contributed by atoms with Crippen molar-refractivity contribution in [2.45, 2.75) is 45.9 Å². The Morgan fingerprint density at radius 1 is 1.12 bits per heavy atom. The fraction of sp³-hybridized carbons (Fsp3) is 0.474. The van der Waals surface area contributed by atoms with E-state index in [2.05, 4.69) is 65.6 Å². The van der Waals surface area contributed by atoms with E-state index in [1.807, 2.05) is 0 Å². The third kappa shape index (κ3) is 6.95. The van der Waals surface area contributed by atoms with Gasteiger partial charge in [-0.3, -0.25) is 4.99 Å². The van der Waals surface area contributed by atoms with Gasteiger partial charge in [0.05, 0.1) is 19.3 Å². The molecule has 0 aliphatic heterocycles. The van der Waals surface area contributed by atoms with Gasteiger partial charge in [-0.2, -0.15) is 0 Å². The van der Waals surface area contributed by atoms with Crippen molar-refractivity contribution in [3.63, 3.8) is 0 Å². The summed E-state index contributed by atoms with van der Waals surface area (Å²) < 4.78 is 10.9. The molecule has 2 rings (SSSR count). The lowest BCUT2D eigenvalue weighted by Gasteiger charge is -2.13. The van der Waals surface area contributed by atoms with E-state index in [4.69, 9.17) is 9.15 Å². The third-order valence-electron chi connectivity index (χ3n) is 3.72. The molecule has 0 amide bonds. The molecule has 144 valence electrons. The van der Waals surface area contributed by atoms with E-state index < -0.39 is 0 Å². The number of methoxy groups -OCH3 is 1. The number of oxazole rings is 1. The van der Waals surface area contributed by atoms with Crippen molar-refractivity contribution >= 4 is 29.9 Å². The number of nitrogens with one attached hydrogen (secondary N) is 2. The minimum Gasteiger partial charge on any atom is -0.443 e. The topological polar surface area (TPSA) is 71.7 Å². The van der Waals surface area contributed by atoms with Crippen LogP contribution in [0.3, 0.4) is 0 Å². The number of aromatic nitrogens is 1. The Bertz CT molecular complexity index is 690. The minimum atomic E-state index is -0.0415. The molecule has 1 aromatic carbocycles. The second-order valence-corrected chi connectivity index (χ2v) is 6.90. The lowest BCUT2D eigenvalue weighted by molar-refractivity contribution is 0.185. The molecule has 0 spiro atoms. The van der Waals surface area contributed by atoms with Gasteiger partial charge in [-0.25, -0.2) is 4.98 Å². The lowest BCUT2D eigenvalue weighted by Crippen LogP contribution is -2.36. The van der Waals surface area contributed by atoms with Crippen molar-refractivity contribution in [2.24, 2.45) is 4.99 Å². The number of hydrogen-bond donors (Lipinski definition) is 2. The molecule has 7 heteroatoms. The summed E-state index contributed by atoms with van der Waals surface area (Å²) in [4.78, 5) is 8.54. The van der Waals surface area contributed by atoms with Gasteiger partial charge in [0.15, 0.2) is 5.96 Å². The highest BCUT2D eigenvalue weighted by atomic mass is 127. The standard InChI is InChI=1S/C19H28N4O2.HI/c1-19(2,3)16-11-21-17(25-16)12-23-18(20-4)22-10-14-6-8-15(9-7-14)13-24-5;/h6-9,11H,10,12-13H2,1-5H3,(H2,20,22,23);1H. The van der Waals surface area contributed by atoms with Crippen molar-refractivity contribution in [3.05, 3.63) is 53.2 Å². The van der Waals surface area contributed by atoms with Crippen LogP contribution >= 0.6 is 24.0 Å². The fourth-order valence-electron chi connectivity index (χ4n) is 2.22. The van der Waals surface area contributed by atoms with Crippen molar-refractivity contribution in [1.82, 2.24) is 15.6 Å². The van der Waals surface area contributed by atoms with Crippen molar-refractivity contribution in [2.75, 3.05) is 14.2 Å². The normalized spacial score (nSPS) is 11.8. The molecule has 2 aromatic rings. The number of nitrogens with zero attached hydrogens (tertiary/aromatic N) is 2. The summed E-state index contributed by atoms with van der Waals surface area (Å²) in [6, 6.07) is 8.30. The van der Waals surface area contributed by atoms with E-state index >= 15 is 0 Å². The Labute approximate surface area is 172 Å². The monoisotopic (exact) mass is 472 g/mol. The number of guanidine groups is 1. The average Bonchev–Trinajstić information content (AvgIpc) is 3.06. The maximum Gasteiger partial charge on any atom is 0.213 e. The average molecular weight is 472 g/mol. The van der Waals surface area contributed by atoms with Crippen LogP contribution in [-0.4, -0.2) is 25.1 Å². The third-order valence-corrected chi connectivity index (χ3v) is 3.72. The van der Waals surface area contributed by atoms with E-state index in [9.17, 15) is 0 Å². The highest BCUT2D eigenvalue weighted by Crippen LogP contribution is 2.22. The van der Waals surface area contributed by atoms with E-state index in [0.29, 0.717) is 31.5 Å². The molecule has 0 bridgehead atoms. The summed E-state index contributed by atoms with van der Waals surface area (Å²) in [5.41, 5.74) is 2.29. The van der Waals surface area contributed by atoms with Gasteiger partial charge in [-0.1, -0.05) is 45.0 Å². The fourth-order valence-corrected chi connectivity index (χ4v) is 2.22. The Kier molecular flexibility index (Phi) is 9.07. The molecule has 2 N–H and O–H groups in total. The van der Waals surface area contributed by atoms with Crippen LogP contribution in [0.1, 0.15) is 43.5 Å². The van der Waals surface area contributed by atoms with Crippen LogP contribution in [0.5, 0.6) is 0 Å². The van der Waals surface area contributed by atoms with Crippen molar-refractivity contribution in [1.29, 1.82) is 0 Å². The van der Waals surface area contributed by atoms with Crippen LogP contribution in [-0.2, 0) is 29.8 Å². The van der Waals surface area contributed by atoms with E-state index in [-0.39, 0.29) is 29.4 Å². The predicted molar refractivity (Wildman–Crippen MR) is 115 cm³/mol. The van der Waals surface area contributed by atoms with Crippen LogP contribution in [0.15, 0.2) is 39.9 Å². The van der Waals surface area contributed by atoms with Crippen LogP contribution in [0.4, 0.5) is 0 Å². The number of halogens is 1. The molecule has 0 fully saturated rings. The minimum absolute atomic E-state index is 0. The van der Waals surface area contributed by atoms with Crippen molar-refractivity contribution < 1.29 is 9.15 Å². The summed E-state index contributed by atoms with van der Waals surface area (Å²) in [6.45, 7) is 8.10. The molecule has 0 radical (unpaired) electrons. The maximum atomic E-state index is 5.77. The Hall–Kier alpha value is -1.61. The Balaban J connectivity index is 0.00000338. The van der Waals surface area contributed by atoms with Crippen LogP contribution in [0.25, 0.3) is 0 Å². The van der Waals surface area contributed by atoms with Gasteiger partial charge in [0.2, 0.25) is 5.89 Å². The summed E-state index contributed by atoms with van der Waals surface area (Å²) in [7, 11) is 3.44. The molecule has 0 unspecified atom stereocenters. The summed E-state index contributed by atoms with van der Waals surface area (Å²) in [5, 5.41) is 6.50. The predicted octanol–water partition coefficient (Wildman–Crippen LogP) is 3.60. The highest BCUT2D eigenvalue weighted by molar-refractivity contribution is 14.0. The second kappa shape index (κ2) is 10.5. The van der Waals surface area contributed by atoms with Crippen LogP contribution in [0, 0.1) is 0 Å². The van der Waals surface area contributed by atoms with Gasteiger partial charge < -0.3 is 19.8 Å². The molecule has 26 heavy (non-hydrogen) atoms. The van der Waals surface area contributed by atoms with Gasteiger partial charge >= 0.3 is 0 Å². The zero-order chi connectivity index (χ0) is 18.3. The molecule has 0 saturated heterocycles. The first-order valence-electron chi connectivity index (χ1n) is 8.39. The number of aliphatic imine (C=N–C) groups is 1. The van der Waals surface area contributed by atoms with Gasteiger partial charge in [0.25, 0.3) is 0 Å². The zero-order valence-electron chi connectivity index (χ0n) is 16.1. The molecule has 6 nitrogen and oxygen atoms in total. The molecule has 1 heterocycles. The number of hydrogen-bond acceptors (Lipinski definition) is 4. The molecular formula is C19H29IN4O2. The summed E-state index contributed by atoms with van der Waals surface area (Å²) in [6.07, 6.45) is 1.79. The van der Waals surface area contributed by atoms with Crippen LogP contribution < -0.4 is 10.6 Å². The molecule has 0 aliphatic carbocycles. The first-order valence-corrected chi connectivity index (χ1v) is 8.39. The molecular weight excluding hydrogens is 443 g/mol. The summed E-state index contributed by atoms with van der Waals surface area (Å²) >= 11 is 0. The molecule has 0 aliphatic rings. The largest absolute Gasteiger partial charge is 0.443 e. The number of ether oxygens (including phenoxy) is 1. The molecule has 0 saturated carbocycles. The Morgan fingerprint density at radius 3 is 2.27 bits per heavy atom. The van der Waals surface area contributed by atoms with Gasteiger partial charge in [-0.05, 0) is 11.1 Å². The van der Waals surface area contributed by atoms with E-state index in [1.165, 1.54) is 5.56 Å². The van der Waals surface area contributed by atoms with Gasteiger partial charge in [-0.15, -0.1) is 24.0 Å². The first kappa shape index (κ1) is 22.4. The van der Waals surface area contributed by atoms with E-state index in [1.54, 1.807) is 20.4 Å².